The van der Waals surface area contributed by atoms with E-state index in [0.717, 1.165) is 22.3 Å². The van der Waals surface area contributed by atoms with Crippen LogP contribution in [0.15, 0.2) is 66.9 Å². The number of hydrogen-bond acceptors (Lipinski definition) is 5. The van der Waals surface area contributed by atoms with Gasteiger partial charge in [0.2, 0.25) is 0 Å². The molecular formula is C23H26N6O. The van der Waals surface area contributed by atoms with E-state index in [0.29, 0.717) is 42.4 Å². The first-order valence-electron chi connectivity index (χ1n) is 9.80. The van der Waals surface area contributed by atoms with E-state index >= 15 is 0 Å². The topological polar surface area (TPSA) is 101 Å². The molecule has 0 aliphatic carbocycles. The number of rotatable bonds is 3. The van der Waals surface area contributed by atoms with Gasteiger partial charge >= 0.3 is 0 Å². The Morgan fingerprint density at radius 2 is 1.87 bits per heavy atom. The number of hydrogen-bond donors (Lipinski definition) is 2. The Labute approximate surface area is 177 Å². The van der Waals surface area contributed by atoms with E-state index in [4.69, 9.17) is 10.7 Å². The van der Waals surface area contributed by atoms with E-state index < -0.39 is 0 Å². The Balaban J connectivity index is 0.00000128. The molecule has 7 nitrogen and oxygen atoms in total. The number of nitrogen functional groups attached to an aromatic ring is 1. The lowest BCUT2D eigenvalue weighted by atomic mass is 10.0. The molecule has 1 amide bonds. The number of para-hydroxylation sites is 2. The van der Waals surface area contributed by atoms with Crippen LogP contribution in [0.1, 0.15) is 26.8 Å². The van der Waals surface area contributed by atoms with Crippen LogP contribution >= 0.6 is 0 Å². The standard InChI is InChI=1S/C23H20N6O.3H2/c24-21-20(22-27-17-8-4-5-9-18(17)28-22)26-19(14-25-21)15-10-12-29(13-11-15)23(30)16-6-2-1-3-7-16;;;/h1-10,14H,11-13H2,(H2,24,25)(H,27,28);3*1H. The number of amides is 1. The van der Waals surface area contributed by atoms with Crippen LogP contribution in [-0.2, 0) is 0 Å². The highest BCUT2D eigenvalue weighted by Crippen LogP contribution is 2.27. The number of H-pyrrole nitrogens is 1. The lowest BCUT2D eigenvalue weighted by Gasteiger charge is -2.26. The summed E-state index contributed by atoms with van der Waals surface area (Å²) >= 11 is 0. The molecular weight excluding hydrogens is 376 g/mol. The second kappa shape index (κ2) is 7.44. The Hall–Kier alpha value is -4.00. The summed E-state index contributed by atoms with van der Waals surface area (Å²) in [5, 5.41) is 0. The van der Waals surface area contributed by atoms with E-state index in [1.165, 1.54) is 0 Å². The van der Waals surface area contributed by atoms with Gasteiger partial charge in [-0.1, -0.05) is 36.4 Å². The first kappa shape index (κ1) is 18.1. The normalized spacial score (nSPS) is 14.0. The van der Waals surface area contributed by atoms with Crippen LogP contribution < -0.4 is 5.73 Å². The summed E-state index contributed by atoms with van der Waals surface area (Å²) < 4.78 is 0. The fourth-order valence-electron chi connectivity index (χ4n) is 3.64. The van der Waals surface area contributed by atoms with Gasteiger partial charge in [0.1, 0.15) is 5.69 Å². The predicted molar refractivity (Wildman–Crippen MR) is 123 cm³/mol. The van der Waals surface area contributed by atoms with Crippen molar-refractivity contribution in [2.75, 3.05) is 18.8 Å². The fourth-order valence-corrected chi connectivity index (χ4v) is 3.64. The van der Waals surface area contributed by atoms with Crippen molar-refractivity contribution in [1.82, 2.24) is 24.8 Å². The Morgan fingerprint density at radius 3 is 2.63 bits per heavy atom. The molecule has 1 aliphatic heterocycles. The molecule has 3 heterocycles. The van der Waals surface area contributed by atoms with Gasteiger partial charge in [-0.25, -0.2) is 15.0 Å². The third-order valence-corrected chi connectivity index (χ3v) is 5.26. The molecule has 5 rings (SSSR count). The van der Waals surface area contributed by atoms with Crippen molar-refractivity contribution in [3.05, 3.63) is 78.1 Å². The maximum absolute atomic E-state index is 12.7. The van der Waals surface area contributed by atoms with Gasteiger partial charge in [0.05, 0.1) is 22.9 Å². The van der Waals surface area contributed by atoms with Crippen LogP contribution in [0, 0.1) is 0 Å². The number of aromatic nitrogens is 4. The third-order valence-electron chi connectivity index (χ3n) is 5.26. The van der Waals surface area contributed by atoms with Gasteiger partial charge in [0, 0.05) is 22.9 Å². The molecule has 0 spiro atoms. The highest BCUT2D eigenvalue weighted by molar-refractivity contribution is 5.94. The first-order valence-corrected chi connectivity index (χ1v) is 9.80. The molecule has 2 aromatic carbocycles. The quantitative estimate of drug-likeness (QED) is 0.533. The van der Waals surface area contributed by atoms with Crippen molar-refractivity contribution in [3.8, 4) is 11.5 Å². The Kier molecular flexibility index (Phi) is 4.48. The highest BCUT2D eigenvalue weighted by Gasteiger charge is 2.21. The zero-order valence-corrected chi connectivity index (χ0v) is 16.2. The van der Waals surface area contributed by atoms with Crippen molar-refractivity contribution in [2.24, 2.45) is 0 Å². The SMILES string of the molecule is Nc1ncc(C2=CCN(C(=O)c3ccccc3)CC2)nc1-c1nc2ccccc2[nH]1.[HH].[HH].[HH]. The molecule has 0 atom stereocenters. The summed E-state index contributed by atoms with van der Waals surface area (Å²) in [6.07, 6.45) is 4.42. The fraction of sp³-hybridized carbons (Fsp3) is 0.130. The van der Waals surface area contributed by atoms with E-state index in [2.05, 4.69) is 15.0 Å². The number of nitrogens with zero attached hydrogens (tertiary/aromatic N) is 4. The van der Waals surface area contributed by atoms with Crippen LogP contribution in [0.4, 0.5) is 5.82 Å². The van der Waals surface area contributed by atoms with Crippen LogP contribution in [-0.4, -0.2) is 43.8 Å². The molecule has 0 fully saturated rings. The van der Waals surface area contributed by atoms with Crippen molar-refractivity contribution in [3.63, 3.8) is 0 Å². The van der Waals surface area contributed by atoms with E-state index in [-0.39, 0.29) is 10.2 Å². The minimum Gasteiger partial charge on any atom is -0.382 e. The highest BCUT2D eigenvalue weighted by atomic mass is 16.2. The smallest absolute Gasteiger partial charge is 0.254 e. The zero-order chi connectivity index (χ0) is 20.5. The number of nitrogens with two attached hydrogens (primary N) is 1. The number of anilines is 1. The van der Waals surface area contributed by atoms with E-state index in [9.17, 15) is 4.79 Å². The number of carbonyl (C=O) groups excluding carboxylic acids is 1. The minimum absolute atomic E-state index is 0. The summed E-state index contributed by atoms with van der Waals surface area (Å²) in [7, 11) is 0. The average molecular weight is 403 g/mol. The Morgan fingerprint density at radius 1 is 1.07 bits per heavy atom. The van der Waals surface area contributed by atoms with Crippen LogP contribution in [0.5, 0.6) is 0 Å². The summed E-state index contributed by atoms with van der Waals surface area (Å²) in [5.74, 6) is 0.965. The van der Waals surface area contributed by atoms with E-state index in [1.54, 1.807) is 6.20 Å². The zero-order valence-electron chi connectivity index (χ0n) is 16.2. The predicted octanol–water partition coefficient (Wildman–Crippen LogP) is 4.27. The van der Waals surface area contributed by atoms with Crippen molar-refractivity contribution in [1.29, 1.82) is 0 Å². The number of carbonyl (C=O) groups is 1. The molecule has 2 aromatic heterocycles. The van der Waals surface area contributed by atoms with E-state index in [1.807, 2.05) is 65.6 Å². The third kappa shape index (κ3) is 3.30. The second-order valence-electron chi connectivity index (χ2n) is 7.19. The number of imidazole rings is 1. The van der Waals surface area contributed by atoms with Gasteiger partial charge in [-0.3, -0.25) is 4.79 Å². The van der Waals surface area contributed by atoms with Crippen LogP contribution in [0.3, 0.4) is 0 Å². The van der Waals surface area contributed by atoms with Gasteiger partial charge in [0.15, 0.2) is 11.6 Å². The number of benzene rings is 2. The summed E-state index contributed by atoms with van der Waals surface area (Å²) in [5.41, 5.74) is 10.9. The molecule has 0 saturated heterocycles. The molecule has 0 saturated carbocycles. The summed E-state index contributed by atoms with van der Waals surface area (Å²) in [6, 6.07) is 17.1. The molecule has 4 aromatic rings. The largest absolute Gasteiger partial charge is 0.382 e. The molecule has 7 heteroatoms. The maximum Gasteiger partial charge on any atom is 0.254 e. The maximum atomic E-state index is 12.7. The average Bonchev–Trinajstić information content (AvgIpc) is 3.24. The first-order chi connectivity index (χ1) is 14.7. The van der Waals surface area contributed by atoms with Crippen LogP contribution in [0.2, 0.25) is 0 Å². The molecule has 30 heavy (non-hydrogen) atoms. The molecule has 0 radical (unpaired) electrons. The van der Waals surface area contributed by atoms with Crippen molar-refractivity contribution < 1.29 is 9.07 Å². The Bertz CT molecular complexity index is 1240. The minimum atomic E-state index is 0. The number of aromatic amines is 1. The summed E-state index contributed by atoms with van der Waals surface area (Å²) in [4.78, 5) is 31.4. The van der Waals surface area contributed by atoms with Gasteiger partial charge in [-0.05, 0) is 36.3 Å². The van der Waals surface area contributed by atoms with Crippen molar-refractivity contribution in [2.45, 2.75) is 6.42 Å². The van der Waals surface area contributed by atoms with Crippen LogP contribution in [0.25, 0.3) is 28.1 Å². The van der Waals surface area contributed by atoms with Crippen molar-refractivity contribution >= 4 is 28.3 Å². The van der Waals surface area contributed by atoms with Gasteiger partial charge < -0.3 is 15.6 Å². The molecule has 3 N–H and O–H groups in total. The lowest BCUT2D eigenvalue weighted by molar-refractivity contribution is 0.0773. The molecule has 0 unspecified atom stereocenters. The van der Waals surface area contributed by atoms with Gasteiger partial charge in [-0.15, -0.1) is 0 Å². The van der Waals surface area contributed by atoms with Gasteiger partial charge in [-0.2, -0.15) is 0 Å². The number of fused-ring (bicyclic) bond motifs is 1. The van der Waals surface area contributed by atoms with Gasteiger partial charge in [0.25, 0.3) is 5.91 Å². The number of nitrogens with one attached hydrogen (secondary N) is 1. The lowest BCUT2D eigenvalue weighted by Crippen LogP contribution is -2.34. The molecule has 0 bridgehead atoms. The monoisotopic (exact) mass is 402 g/mol. The molecule has 154 valence electrons. The summed E-state index contributed by atoms with van der Waals surface area (Å²) in [6.45, 7) is 1.17. The second-order valence-corrected chi connectivity index (χ2v) is 7.19. The molecule has 1 aliphatic rings.